The van der Waals surface area contributed by atoms with Crippen LogP contribution in [0.15, 0.2) is 53.5 Å². The van der Waals surface area contributed by atoms with Crippen molar-refractivity contribution in [1.82, 2.24) is 15.5 Å². The van der Waals surface area contributed by atoms with E-state index in [4.69, 9.17) is 9.47 Å². The molecule has 0 aromatic heterocycles. The first-order valence-corrected chi connectivity index (χ1v) is 10.8. The third kappa shape index (κ3) is 8.13. The smallest absolute Gasteiger partial charge is 0.269 e. The van der Waals surface area contributed by atoms with Gasteiger partial charge in [-0.2, -0.15) is 0 Å². The summed E-state index contributed by atoms with van der Waals surface area (Å²) in [6.45, 7) is 7.05. The maximum absolute atomic E-state index is 10.8. The van der Waals surface area contributed by atoms with E-state index in [-0.39, 0.29) is 35.7 Å². The molecule has 0 saturated carbocycles. The SMILES string of the molecule is CCNC(=NCc1ccc([N+](=O)[O-])cc1)NCC(c1ccc(OC)cc1)N1CCOCC1.I. The molecule has 1 saturated heterocycles. The van der Waals surface area contributed by atoms with Gasteiger partial charge in [-0.05, 0) is 30.2 Å². The Bertz CT molecular complexity index is 887. The fourth-order valence-corrected chi connectivity index (χ4v) is 3.60. The van der Waals surface area contributed by atoms with Crippen molar-refractivity contribution in [2.45, 2.75) is 19.5 Å². The highest BCUT2D eigenvalue weighted by molar-refractivity contribution is 14.0. The number of nitro groups is 1. The summed E-state index contributed by atoms with van der Waals surface area (Å²) in [5.41, 5.74) is 2.19. The van der Waals surface area contributed by atoms with E-state index < -0.39 is 4.92 Å². The minimum Gasteiger partial charge on any atom is -0.497 e. The molecule has 1 heterocycles. The van der Waals surface area contributed by atoms with Crippen molar-refractivity contribution in [2.75, 3.05) is 46.5 Å². The van der Waals surface area contributed by atoms with Gasteiger partial charge in [0.05, 0.1) is 37.8 Å². The molecule has 10 heteroatoms. The zero-order valence-corrected chi connectivity index (χ0v) is 21.4. The van der Waals surface area contributed by atoms with E-state index in [1.807, 2.05) is 19.1 Å². The summed E-state index contributed by atoms with van der Waals surface area (Å²) in [4.78, 5) is 17.5. The lowest BCUT2D eigenvalue weighted by Crippen LogP contribution is -2.46. The summed E-state index contributed by atoms with van der Waals surface area (Å²) >= 11 is 0. The summed E-state index contributed by atoms with van der Waals surface area (Å²) in [5.74, 6) is 1.54. The van der Waals surface area contributed by atoms with Crippen LogP contribution in [0.3, 0.4) is 0 Å². The van der Waals surface area contributed by atoms with Gasteiger partial charge in [0, 0.05) is 38.3 Å². The number of hydrogen-bond donors (Lipinski definition) is 2. The molecule has 0 radical (unpaired) electrons. The maximum Gasteiger partial charge on any atom is 0.269 e. The number of nitrogens with one attached hydrogen (secondary N) is 2. The predicted molar refractivity (Wildman–Crippen MR) is 139 cm³/mol. The van der Waals surface area contributed by atoms with Crippen molar-refractivity contribution in [3.8, 4) is 5.75 Å². The summed E-state index contributed by atoms with van der Waals surface area (Å²) < 4.78 is 10.8. The first-order chi connectivity index (χ1) is 15.6. The molecule has 0 bridgehead atoms. The molecular weight excluding hydrogens is 537 g/mol. The average Bonchev–Trinajstić information content (AvgIpc) is 2.84. The summed E-state index contributed by atoms with van der Waals surface area (Å²) in [5, 5.41) is 17.6. The summed E-state index contributed by atoms with van der Waals surface area (Å²) in [7, 11) is 1.67. The van der Waals surface area contributed by atoms with Crippen molar-refractivity contribution in [3.63, 3.8) is 0 Å². The topological polar surface area (TPSA) is 101 Å². The van der Waals surface area contributed by atoms with Crippen molar-refractivity contribution in [1.29, 1.82) is 0 Å². The Kier molecular flexibility index (Phi) is 11.3. The van der Waals surface area contributed by atoms with E-state index in [0.717, 1.165) is 44.2 Å². The number of aliphatic imine (C=N–C) groups is 1. The number of benzene rings is 2. The number of guanidine groups is 1. The van der Waals surface area contributed by atoms with Crippen molar-refractivity contribution in [2.24, 2.45) is 4.99 Å². The van der Waals surface area contributed by atoms with E-state index in [0.29, 0.717) is 19.0 Å². The van der Waals surface area contributed by atoms with Crippen LogP contribution in [0.25, 0.3) is 0 Å². The monoisotopic (exact) mass is 569 g/mol. The number of nitrogens with zero attached hydrogens (tertiary/aromatic N) is 3. The number of methoxy groups -OCH3 is 1. The second-order valence-electron chi connectivity index (χ2n) is 7.44. The number of rotatable bonds is 9. The summed E-state index contributed by atoms with van der Waals surface area (Å²) in [6, 6.07) is 14.8. The zero-order valence-electron chi connectivity index (χ0n) is 19.0. The molecule has 1 aliphatic heterocycles. The number of nitro benzene ring substituents is 1. The average molecular weight is 569 g/mol. The normalized spacial score (nSPS) is 15.3. The Balaban J connectivity index is 0.00000385. The fraction of sp³-hybridized carbons (Fsp3) is 0.435. The highest BCUT2D eigenvalue weighted by atomic mass is 127. The zero-order chi connectivity index (χ0) is 22.8. The molecule has 33 heavy (non-hydrogen) atoms. The van der Waals surface area contributed by atoms with Crippen LogP contribution < -0.4 is 15.4 Å². The van der Waals surface area contributed by atoms with Gasteiger partial charge in [-0.25, -0.2) is 4.99 Å². The molecule has 180 valence electrons. The van der Waals surface area contributed by atoms with Crippen molar-refractivity contribution in [3.05, 3.63) is 69.8 Å². The van der Waals surface area contributed by atoms with Crippen LogP contribution in [0.4, 0.5) is 5.69 Å². The quantitative estimate of drug-likeness (QED) is 0.157. The van der Waals surface area contributed by atoms with Crippen molar-refractivity contribution < 1.29 is 14.4 Å². The third-order valence-electron chi connectivity index (χ3n) is 5.36. The third-order valence-corrected chi connectivity index (χ3v) is 5.36. The van der Waals surface area contributed by atoms with Crippen LogP contribution in [-0.2, 0) is 11.3 Å². The maximum atomic E-state index is 10.8. The van der Waals surface area contributed by atoms with Gasteiger partial charge in [-0.1, -0.05) is 24.3 Å². The lowest BCUT2D eigenvalue weighted by Gasteiger charge is -2.35. The minimum atomic E-state index is -0.399. The lowest BCUT2D eigenvalue weighted by molar-refractivity contribution is -0.384. The number of halogens is 1. The molecule has 1 atom stereocenters. The molecule has 0 amide bonds. The van der Waals surface area contributed by atoms with Gasteiger partial charge in [0.15, 0.2) is 5.96 Å². The minimum absolute atomic E-state index is 0. The van der Waals surface area contributed by atoms with Gasteiger partial charge in [0.25, 0.3) is 5.69 Å². The molecule has 1 fully saturated rings. The Morgan fingerprint density at radius 3 is 2.39 bits per heavy atom. The largest absolute Gasteiger partial charge is 0.497 e. The highest BCUT2D eigenvalue weighted by Crippen LogP contribution is 2.23. The summed E-state index contributed by atoms with van der Waals surface area (Å²) in [6.07, 6.45) is 0. The van der Waals surface area contributed by atoms with E-state index >= 15 is 0 Å². The Labute approximate surface area is 211 Å². The lowest BCUT2D eigenvalue weighted by atomic mass is 10.0. The number of ether oxygens (including phenoxy) is 2. The molecule has 0 spiro atoms. The second-order valence-corrected chi connectivity index (χ2v) is 7.44. The first kappa shape index (κ1) is 26.8. The first-order valence-electron chi connectivity index (χ1n) is 10.8. The molecule has 1 unspecified atom stereocenters. The van der Waals surface area contributed by atoms with Gasteiger partial charge in [0.2, 0.25) is 0 Å². The predicted octanol–water partition coefficient (Wildman–Crippen LogP) is 3.35. The van der Waals surface area contributed by atoms with Crippen LogP contribution in [-0.4, -0.2) is 62.3 Å². The molecule has 2 N–H and O–H groups in total. The van der Waals surface area contributed by atoms with E-state index in [9.17, 15) is 10.1 Å². The van der Waals surface area contributed by atoms with Crippen LogP contribution in [0.1, 0.15) is 24.1 Å². The number of morpholine rings is 1. The van der Waals surface area contributed by atoms with Crippen LogP contribution in [0.2, 0.25) is 0 Å². The van der Waals surface area contributed by atoms with E-state index in [2.05, 4.69) is 32.7 Å². The number of hydrogen-bond acceptors (Lipinski definition) is 6. The Morgan fingerprint density at radius 2 is 1.82 bits per heavy atom. The molecule has 3 rings (SSSR count). The Hall–Kier alpha value is -2.44. The van der Waals surface area contributed by atoms with Gasteiger partial charge in [-0.3, -0.25) is 15.0 Å². The van der Waals surface area contributed by atoms with E-state index in [1.165, 1.54) is 17.7 Å². The fourth-order valence-electron chi connectivity index (χ4n) is 3.60. The van der Waals surface area contributed by atoms with Crippen LogP contribution >= 0.6 is 24.0 Å². The number of non-ortho nitro benzene ring substituents is 1. The van der Waals surface area contributed by atoms with Crippen LogP contribution in [0, 0.1) is 10.1 Å². The van der Waals surface area contributed by atoms with Crippen LogP contribution in [0.5, 0.6) is 5.75 Å². The van der Waals surface area contributed by atoms with Crippen molar-refractivity contribution >= 4 is 35.6 Å². The van der Waals surface area contributed by atoms with Gasteiger partial charge >= 0.3 is 0 Å². The highest BCUT2D eigenvalue weighted by Gasteiger charge is 2.23. The molecule has 1 aliphatic rings. The van der Waals surface area contributed by atoms with Gasteiger partial charge in [-0.15, -0.1) is 24.0 Å². The van der Waals surface area contributed by atoms with Gasteiger partial charge < -0.3 is 20.1 Å². The molecule has 2 aromatic carbocycles. The molecular formula is C23H32IN5O4. The molecule has 2 aromatic rings. The standard InChI is InChI=1S/C23H31N5O4.HI/c1-3-24-23(25-16-18-4-8-20(9-5-18)28(29)30)26-17-22(27-12-14-32-15-13-27)19-6-10-21(31-2)11-7-19;/h4-11,22H,3,12-17H2,1-2H3,(H2,24,25,26);1H. The van der Waals surface area contributed by atoms with Gasteiger partial charge in [0.1, 0.15) is 5.75 Å². The Morgan fingerprint density at radius 1 is 1.15 bits per heavy atom. The second kappa shape index (κ2) is 14.0. The molecule has 9 nitrogen and oxygen atoms in total. The van der Waals surface area contributed by atoms with E-state index in [1.54, 1.807) is 19.2 Å². The molecule has 0 aliphatic carbocycles.